The molecular weight excluding hydrogens is 901 g/mol. The summed E-state index contributed by atoms with van der Waals surface area (Å²) in [5.41, 5.74) is 5.24. The molecule has 6 aromatic rings. The molecule has 4 N–H and O–H groups in total. The van der Waals surface area contributed by atoms with Crippen molar-refractivity contribution in [3.63, 3.8) is 0 Å². The molecule has 0 aliphatic heterocycles. The molecule has 0 aromatic heterocycles. The van der Waals surface area contributed by atoms with Gasteiger partial charge in [-0.25, -0.2) is 0 Å². The maximum atomic E-state index is 13.3. The van der Waals surface area contributed by atoms with Crippen molar-refractivity contribution >= 4 is 46.3 Å². The molecule has 72 heavy (non-hydrogen) atoms. The first-order valence-corrected chi connectivity index (χ1v) is 25.8. The van der Waals surface area contributed by atoms with Crippen molar-refractivity contribution in [1.82, 2.24) is 0 Å². The third-order valence-electron chi connectivity index (χ3n) is 12.6. The van der Waals surface area contributed by atoms with Crippen molar-refractivity contribution in [2.45, 2.75) is 124 Å². The highest BCUT2D eigenvalue weighted by Crippen LogP contribution is 2.30. The highest BCUT2D eigenvalue weighted by molar-refractivity contribution is 6.07. The van der Waals surface area contributed by atoms with Gasteiger partial charge >= 0.3 is 0 Å². The van der Waals surface area contributed by atoms with Gasteiger partial charge in [0.25, 0.3) is 17.7 Å². The first-order valence-electron chi connectivity index (χ1n) is 25.8. The Kier molecular flexibility index (Phi) is 21.8. The van der Waals surface area contributed by atoms with E-state index in [1.165, 1.54) is 96.8 Å². The molecule has 0 unspecified atom stereocenters. The first-order chi connectivity index (χ1) is 35.1. The topological polar surface area (TPSA) is 144 Å². The van der Waals surface area contributed by atoms with Crippen LogP contribution in [-0.4, -0.2) is 37.2 Å². The lowest BCUT2D eigenvalue weighted by atomic mass is 10.0. The molecule has 0 saturated carbocycles. The van der Waals surface area contributed by atoms with Gasteiger partial charge in [0.1, 0.15) is 28.7 Å². The molecule has 11 nitrogen and oxygen atoms in total. The van der Waals surface area contributed by atoms with E-state index >= 15 is 0 Å². The summed E-state index contributed by atoms with van der Waals surface area (Å²) in [6.07, 6.45) is 21.3. The third-order valence-corrected chi connectivity index (χ3v) is 12.6. The molecule has 0 fully saturated rings. The normalized spacial score (nSPS) is 10.8. The third kappa shape index (κ3) is 17.8. The van der Waals surface area contributed by atoms with E-state index in [9.17, 15) is 19.2 Å². The Balaban J connectivity index is 0.882. The van der Waals surface area contributed by atoms with Crippen molar-refractivity contribution in [2.75, 3.05) is 34.9 Å². The number of carbonyl (C=O) groups excluding carboxylic acids is 4. The zero-order valence-corrected chi connectivity index (χ0v) is 42.6. The van der Waals surface area contributed by atoms with Gasteiger partial charge in [-0.15, -0.1) is 0 Å². The maximum Gasteiger partial charge on any atom is 0.255 e. The summed E-state index contributed by atoms with van der Waals surface area (Å²) in [5.74, 6) is 1.99. The number of carbonyl (C=O) groups is 4. The average molecular weight is 973 g/mol. The summed E-state index contributed by atoms with van der Waals surface area (Å²) >= 11 is 0. The quantitative estimate of drug-likeness (QED) is 0.0258. The van der Waals surface area contributed by atoms with Crippen LogP contribution in [0.2, 0.25) is 0 Å². The van der Waals surface area contributed by atoms with Crippen LogP contribution in [0.5, 0.6) is 28.7 Å². The number of ketones is 1. The molecule has 0 bridgehead atoms. The second-order valence-electron chi connectivity index (χ2n) is 18.4. The lowest BCUT2D eigenvalue weighted by molar-refractivity contribution is 0.101. The van der Waals surface area contributed by atoms with Crippen molar-refractivity contribution in [3.8, 4) is 28.7 Å². The molecule has 6 rings (SSSR count). The maximum absolute atomic E-state index is 13.3. The highest BCUT2D eigenvalue weighted by atomic mass is 16.5. The van der Waals surface area contributed by atoms with Gasteiger partial charge in [-0.05, 0) is 153 Å². The molecule has 3 amide bonds. The van der Waals surface area contributed by atoms with Crippen LogP contribution in [0.4, 0.5) is 22.7 Å². The van der Waals surface area contributed by atoms with Gasteiger partial charge in [-0.3, -0.25) is 19.2 Å². The monoisotopic (exact) mass is 973 g/mol. The van der Waals surface area contributed by atoms with Crippen molar-refractivity contribution in [1.29, 1.82) is 0 Å². The van der Waals surface area contributed by atoms with Gasteiger partial charge in [0.2, 0.25) is 0 Å². The summed E-state index contributed by atoms with van der Waals surface area (Å²) in [6, 6.07) is 38.0. The molecule has 0 aliphatic carbocycles. The predicted octanol–water partition coefficient (Wildman–Crippen LogP) is 16.2. The van der Waals surface area contributed by atoms with Gasteiger partial charge in [-0.1, -0.05) is 109 Å². The molecule has 0 saturated heterocycles. The van der Waals surface area contributed by atoms with Gasteiger partial charge in [0, 0.05) is 46.4 Å². The van der Waals surface area contributed by atoms with Crippen LogP contribution in [0, 0.1) is 6.92 Å². The Bertz CT molecular complexity index is 2650. The molecular formula is C61H72N4O7. The number of hydrogen-bond acceptors (Lipinski definition) is 8. The van der Waals surface area contributed by atoms with Crippen LogP contribution in [0.3, 0.4) is 0 Å². The number of amides is 3. The second-order valence-corrected chi connectivity index (χ2v) is 18.4. The van der Waals surface area contributed by atoms with Crippen molar-refractivity contribution in [3.05, 3.63) is 161 Å². The zero-order chi connectivity index (χ0) is 50.9. The molecule has 0 spiro atoms. The van der Waals surface area contributed by atoms with E-state index in [1.54, 1.807) is 109 Å². The summed E-state index contributed by atoms with van der Waals surface area (Å²) in [7, 11) is 1.84. The number of ether oxygens (including phenoxy) is 3. The Labute approximate surface area is 426 Å². The Hall–Kier alpha value is -7.40. The molecule has 0 radical (unpaired) electrons. The second kappa shape index (κ2) is 29.1. The zero-order valence-electron chi connectivity index (χ0n) is 42.6. The van der Waals surface area contributed by atoms with Gasteiger partial charge < -0.3 is 35.5 Å². The van der Waals surface area contributed by atoms with Crippen LogP contribution in [0.1, 0.15) is 164 Å². The summed E-state index contributed by atoms with van der Waals surface area (Å²) in [5, 5.41) is 12.0. The molecule has 0 heterocycles. The number of anilines is 4. The summed E-state index contributed by atoms with van der Waals surface area (Å²) in [4.78, 5) is 51.2. The van der Waals surface area contributed by atoms with E-state index in [0.29, 0.717) is 68.9 Å². The van der Waals surface area contributed by atoms with E-state index in [-0.39, 0.29) is 23.5 Å². The molecule has 378 valence electrons. The number of nitrogens with one attached hydrogen (secondary N) is 4. The number of hydrogen-bond donors (Lipinski definition) is 4. The minimum atomic E-state index is -0.329. The van der Waals surface area contributed by atoms with Crippen LogP contribution < -0.4 is 35.5 Å². The number of benzene rings is 6. The van der Waals surface area contributed by atoms with Crippen molar-refractivity contribution in [2.24, 2.45) is 0 Å². The van der Waals surface area contributed by atoms with Gasteiger partial charge in [-0.2, -0.15) is 0 Å². The van der Waals surface area contributed by atoms with Crippen LogP contribution in [0.15, 0.2) is 133 Å². The Morgan fingerprint density at radius 1 is 0.417 bits per heavy atom. The fourth-order valence-electron chi connectivity index (χ4n) is 8.25. The summed E-state index contributed by atoms with van der Waals surface area (Å²) in [6.45, 7) is 6.31. The van der Waals surface area contributed by atoms with E-state index in [0.717, 1.165) is 29.8 Å². The van der Waals surface area contributed by atoms with E-state index in [2.05, 4.69) is 28.2 Å². The fourth-order valence-corrected chi connectivity index (χ4v) is 8.25. The van der Waals surface area contributed by atoms with Crippen molar-refractivity contribution < 1.29 is 33.4 Å². The molecule has 11 heteroatoms. The van der Waals surface area contributed by atoms with E-state index in [1.807, 2.05) is 38.2 Å². The van der Waals surface area contributed by atoms with Crippen LogP contribution in [-0.2, 0) is 0 Å². The molecule has 0 aliphatic rings. The number of unbranched alkanes of at least 4 members (excludes halogenated alkanes) is 15. The van der Waals surface area contributed by atoms with Crippen LogP contribution >= 0.6 is 0 Å². The lowest BCUT2D eigenvalue weighted by Gasteiger charge is -2.14. The van der Waals surface area contributed by atoms with Crippen LogP contribution in [0.25, 0.3) is 0 Å². The SMILES string of the molecule is CCCCCCCCCCCCCCCCCCOc1ccc(NC(=O)c2ccc(Oc3ccc(C(=O)Nc4cc(NC(=O)c5ccc(Oc6ccc(C(C)=O)cc6)cc5)ccc4C)cc3)cc2)cc1NC. The molecule has 6 aromatic carbocycles. The average Bonchev–Trinajstić information content (AvgIpc) is 3.39. The largest absolute Gasteiger partial charge is 0.491 e. The molecule has 0 atom stereocenters. The highest BCUT2D eigenvalue weighted by Gasteiger charge is 2.14. The number of aryl methyl sites for hydroxylation is 1. The fraction of sp³-hybridized carbons (Fsp3) is 0.344. The number of rotatable bonds is 30. The summed E-state index contributed by atoms with van der Waals surface area (Å²) < 4.78 is 18.0. The predicted molar refractivity (Wildman–Crippen MR) is 292 cm³/mol. The van der Waals surface area contributed by atoms with Gasteiger partial charge in [0.15, 0.2) is 5.78 Å². The van der Waals surface area contributed by atoms with E-state index in [4.69, 9.17) is 14.2 Å². The van der Waals surface area contributed by atoms with E-state index < -0.39 is 0 Å². The Morgan fingerprint density at radius 2 is 0.778 bits per heavy atom. The smallest absolute Gasteiger partial charge is 0.255 e. The minimum Gasteiger partial charge on any atom is -0.491 e. The van der Waals surface area contributed by atoms with Gasteiger partial charge in [0.05, 0.1) is 12.3 Å². The number of Topliss-reactive ketones (excluding diaryl/α,β-unsaturated/α-hetero) is 1. The standard InChI is InChI=1S/C61H72N4O7/c1-5-6-7-8-9-10-11-12-13-14-15-16-17-18-19-20-41-70-58-40-31-51(43-57(58)62-4)64-60(68)48-26-36-54(37-27-48)72-55-38-28-49(29-39-55)61(69)65-56-42-50(30-21-44(56)2)63-59(67)47-24-34-53(35-25-47)71-52-32-22-46(23-33-52)45(3)66/h21-40,42-43,62H,5-20,41H2,1-4H3,(H,63,67)(H,64,68)(H,65,69). The first kappa shape index (κ1) is 53.9. The lowest BCUT2D eigenvalue weighted by Crippen LogP contribution is -2.14. The minimum absolute atomic E-state index is 0.0236. The Morgan fingerprint density at radius 3 is 1.18 bits per heavy atom.